The van der Waals surface area contributed by atoms with Gasteiger partial charge in [0.2, 0.25) is 11.7 Å². The van der Waals surface area contributed by atoms with Gasteiger partial charge in [0, 0.05) is 28.9 Å². The number of rotatable bonds is 19. The minimum Gasteiger partial charge on any atom is -0.460 e. The molecule has 11 nitrogen and oxygen atoms in total. The minimum atomic E-state index is -0.734. The van der Waals surface area contributed by atoms with Crippen LogP contribution in [0.5, 0.6) is 0 Å². The van der Waals surface area contributed by atoms with Gasteiger partial charge in [-0.1, -0.05) is 101 Å². The molecule has 4 unspecified atom stereocenters. The summed E-state index contributed by atoms with van der Waals surface area (Å²) < 4.78 is 10.7. The van der Waals surface area contributed by atoms with Crippen LogP contribution in [0.2, 0.25) is 10.0 Å². The molecule has 0 saturated carbocycles. The lowest BCUT2D eigenvalue weighted by atomic mass is 9.74. The average molecular weight is 809 g/mol. The zero-order valence-electron chi connectivity index (χ0n) is 33.1. The van der Waals surface area contributed by atoms with Crippen molar-refractivity contribution in [3.63, 3.8) is 0 Å². The molecule has 2 aromatic carbocycles. The molecule has 0 spiro atoms. The lowest BCUT2D eigenvalue weighted by Crippen LogP contribution is -2.47. The molecule has 13 heteroatoms. The van der Waals surface area contributed by atoms with Crippen LogP contribution in [0.25, 0.3) is 10.9 Å². The number of alkyl carbamates (subject to hydrolysis) is 1. The van der Waals surface area contributed by atoms with Crippen LogP contribution in [0.3, 0.4) is 0 Å². The highest BCUT2D eigenvalue weighted by Crippen LogP contribution is 2.40. The SMILES string of the molecule is CCCOC(=O)C1=NCC([C@@H](NC(=O)CC(CCC(=O)[C@@H](NC(=O)OCc2ccccc2)C(C)CC)C2CCc3[nH]c4c(Cl)cc(Cl)cc4c3C2)C(C)CC)=N1. The molecule has 3 aromatic rings. The molecule has 2 heterocycles. The number of carbonyl (C=O) groups excluding carboxylic acids is 4. The van der Waals surface area contributed by atoms with Crippen LogP contribution in [-0.2, 0) is 43.3 Å². The number of carbonyl (C=O) groups is 4. The highest BCUT2D eigenvalue weighted by atomic mass is 35.5. The molecule has 3 N–H and O–H groups in total. The summed E-state index contributed by atoms with van der Waals surface area (Å²) in [4.78, 5) is 65.9. The number of nitrogens with zero attached hydrogens (tertiary/aromatic N) is 2. The van der Waals surface area contributed by atoms with Crippen molar-refractivity contribution < 1.29 is 28.7 Å². The number of H-pyrrole nitrogens is 1. The van der Waals surface area contributed by atoms with Gasteiger partial charge in [0.1, 0.15) is 6.61 Å². The van der Waals surface area contributed by atoms with E-state index in [-0.39, 0.29) is 73.8 Å². The summed E-state index contributed by atoms with van der Waals surface area (Å²) in [7, 11) is 0. The molecule has 6 atom stereocenters. The number of fused-ring (bicyclic) bond motifs is 3. The molecule has 1 aliphatic heterocycles. The predicted octanol–water partition coefficient (Wildman–Crippen LogP) is 8.61. The first-order valence-electron chi connectivity index (χ1n) is 20.0. The minimum absolute atomic E-state index is 0.0257. The maximum Gasteiger partial charge on any atom is 0.408 e. The Hall–Kier alpha value is -4.22. The van der Waals surface area contributed by atoms with E-state index in [0.717, 1.165) is 47.0 Å². The molecule has 5 rings (SSSR count). The summed E-state index contributed by atoms with van der Waals surface area (Å²) in [6.07, 6.45) is 4.58. The number of aliphatic imine (C=N–C) groups is 2. The Morgan fingerprint density at radius 3 is 2.45 bits per heavy atom. The number of aromatic amines is 1. The molecule has 2 amide bonds. The van der Waals surface area contributed by atoms with Gasteiger partial charge in [-0.15, -0.1) is 0 Å². The summed E-state index contributed by atoms with van der Waals surface area (Å²) in [5, 5.41) is 8.16. The number of amidine groups is 1. The number of hydrogen-bond acceptors (Lipinski definition) is 8. The smallest absolute Gasteiger partial charge is 0.408 e. The van der Waals surface area contributed by atoms with Crippen molar-refractivity contribution in [2.75, 3.05) is 13.2 Å². The third-order valence-corrected chi connectivity index (χ3v) is 11.8. The average Bonchev–Trinajstić information content (AvgIpc) is 3.84. The largest absolute Gasteiger partial charge is 0.460 e. The molecule has 56 heavy (non-hydrogen) atoms. The summed E-state index contributed by atoms with van der Waals surface area (Å²) in [5.74, 6) is -0.964. The van der Waals surface area contributed by atoms with E-state index < -0.39 is 24.1 Å². The van der Waals surface area contributed by atoms with Crippen molar-refractivity contribution >= 4 is 69.4 Å². The Kier molecular flexibility index (Phi) is 15.5. The normalized spacial score (nSPS) is 17.8. The van der Waals surface area contributed by atoms with E-state index in [0.29, 0.717) is 41.4 Å². The number of hydrogen-bond donors (Lipinski definition) is 3. The van der Waals surface area contributed by atoms with Crippen LogP contribution < -0.4 is 10.6 Å². The molecule has 0 bridgehead atoms. The van der Waals surface area contributed by atoms with E-state index in [1.807, 2.05) is 71.0 Å². The number of benzene rings is 2. The third-order valence-electron chi connectivity index (χ3n) is 11.3. The van der Waals surface area contributed by atoms with Crippen LogP contribution >= 0.6 is 23.2 Å². The van der Waals surface area contributed by atoms with Gasteiger partial charge in [-0.05, 0) is 79.0 Å². The lowest BCUT2D eigenvalue weighted by Gasteiger charge is -2.32. The molecular weight excluding hydrogens is 753 g/mol. The number of aryl methyl sites for hydroxylation is 1. The number of halogens is 2. The fraction of sp³-hybridized carbons (Fsp3) is 0.535. The second-order valence-electron chi connectivity index (χ2n) is 15.2. The highest BCUT2D eigenvalue weighted by molar-refractivity contribution is 6.39. The first-order chi connectivity index (χ1) is 26.9. The van der Waals surface area contributed by atoms with Crippen LogP contribution in [0.4, 0.5) is 4.79 Å². The van der Waals surface area contributed by atoms with Crippen LogP contribution in [0, 0.1) is 23.7 Å². The zero-order valence-corrected chi connectivity index (χ0v) is 34.6. The molecule has 302 valence electrons. The fourth-order valence-corrected chi connectivity index (χ4v) is 8.23. The number of ketones is 1. The Labute approximate surface area is 339 Å². The van der Waals surface area contributed by atoms with E-state index in [1.165, 1.54) is 0 Å². The van der Waals surface area contributed by atoms with Crippen LogP contribution in [0.15, 0.2) is 52.4 Å². The number of ether oxygens (including phenoxy) is 2. The van der Waals surface area contributed by atoms with E-state index in [4.69, 9.17) is 32.7 Å². The Morgan fingerprint density at radius 2 is 1.73 bits per heavy atom. The predicted molar refractivity (Wildman–Crippen MR) is 222 cm³/mol. The molecule has 1 aromatic heterocycles. The van der Waals surface area contributed by atoms with Gasteiger partial charge in [0.15, 0.2) is 5.78 Å². The maximum absolute atomic E-state index is 14.1. The van der Waals surface area contributed by atoms with Crippen molar-refractivity contribution in [1.29, 1.82) is 0 Å². The van der Waals surface area contributed by atoms with Crippen molar-refractivity contribution in [1.82, 2.24) is 15.6 Å². The van der Waals surface area contributed by atoms with Crippen molar-refractivity contribution in [3.05, 3.63) is 69.3 Å². The second kappa shape index (κ2) is 20.3. The number of esters is 1. The van der Waals surface area contributed by atoms with E-state index in [9.17, 15) is 19.2 Å². The fourth-order valence-electron chi connectivity index (χ4n) is 7.69. The zero-order chi connectivity index (χ0) is 40.4. The molecule has 0 radical (unpaired) electrons. The van der Waals surface area contributed by atoms with E-state index >= 15 is 0 Å². The van der Waals surface area contributed by atoms with Crippen molar-refractivity contribution in [3.8, 4) is 0 Å². The van der Waals surface area contributed by atoms with Gasteiger partial charge in [-0.25, -0.2) is 14.6 Å². The first kappa shape index (κ1) is 42.9. The Morgan fingerprint density at radius 1 is 0.982 bits per heavy atom. The molecular formula is C43H55Cl2N5O6. The van der Waals surface area contributed by atoms with Crippen LogP contribution in [0.1, 0.15) is 96.4 Å². The topological polar surface area (TPSA) is 151 Å². The van der Waals surface area contributed by atoms with E-state index in [1.54, 1.807) is 6.07 Å². The van der Waals surface area contributed by atoms with Crippen LogP contribution in [-0.4, -0.2) is 65.5 Å². The summed E-state index contributed by atoms with van der Waals surface area (Å²) in [6, 6.07) is 11.9. The number of Topliss-reactive ketones (excluding diaryl/α,β-unsaturated/α-hetero) is 1. The number of nitrogens with one attached hydrogen (secondary N) is 3. The second-order valence-corrected chi connectivity index (χ2v) is 16.1. The molecule has 0 fully saturated rings. The Bertz CT molecular complexity index is 1930. The van der Waals surface area contributed by atoms with Gasteiger partial charge in [-0.3, -0.25) is 14.6 Å². The summed E-state index contributed by atoms with van der Waals surface area (Å²) in [5.41, 5.74) is 4.57. The number of aromatic nitrogens is 1. The molecule has 0 saturated heterocycles. The van der Waals surface area contributed by atoms with Gasteiger partial charge in [0.05, 0.1) is 41.5 Å². The molecule has 1 aliphatic carbocycles. The van der Waals surface area contributed by atoms with Crippen molar-refractivity contribution in [2.24, 2.45) is 33.7 Å². The van der Waals surface area contributed by atoms with Gasteiger partial charge < -0.3 is 25.1 Å². The Balaban J connectivity index is 1.34. The highest BCUT2D eigenvalue weighted by Gasteiger charge is 2.35. The molecule has 2 aliphatic rings. The van der Waals surface area contributed by atoms with E-state index in [2.05, 4.69) is 25.6 Å². The summed E-state index contributed by atoms with van der Waals surface area (Å²) >= 11 is 13.0. The monoisotopic (exact) mass is 807 g/mol. The third kappa shape index (κ3) is 11.0. The standard InChI is InChI=1S/C43H55Cl2N5O6/c1-6-18-55-42(53)41-46-23-35(48-41)38(25(4)7-2)49-37(52)20-29(28-14-16-34-31(19-28)32-21-30(44)22-33(45)40(32)47-34)15-17-36(51)39(26(5)8-3)50-43(54)56-24-27-12-10-9-11-13-27/h9-13,21-22,25-26,28-29,38-39,47H,6-8,14-20,23-24H2,1-5H3,(H,49,52)(H,50,54)/t25?,26?,28?,29?,38-,39-/m0/s1. The lowest BCUT2D eigenvalue weighted by molar-refractivity contribution is -0.135. The first-order valence-corrected chi connectivity index (χ1v) is 20.7. The summed E-state index contributed by atoms with van der Waals surface area (Å²) in [6.45, 7) is 10.5. The quantitative estimate of drug-likeness (QED) is 0.103. The maximum atomic E-state index is 14.1. The van der Waals surface area contributed by atoms with Gasteiger partial charge in [0.25, 0.3) is 0 Å². The van der Waals surface area contributed by atoms with Gasteiger partial charge >= 0.3 is 12.1 Å². The van der Waals surface area contributed by atoms with Gasteiger partial charge in [-0.2, -0.15) is 0 Å². The number of amides is 2. The van der Waals surface area contributed by atoms with Crippen molar-refractivity contribution in [2.45, 2.75) is 111 Å².